The van der Waals surface area contributed by atoms with Crippen LogP contribution in [0.15, 0.2) is 63.1 Å². The number of thiophene rings is 1. The molecule has 1 unspecified atom stereocenters. The van der Waals surface area contributed by atoms with Crippen LogP contribution in [0.25, 0.3) is 21.1 Å². The van der Waals surface area contributed by atoms with Crippen molar-refractivity contribution in [2.75, 3.05) is 7.11 Å². The predicted molar refractivity (Wildman–Crippen MR) is 111 cm³/mol. The maximum Gasteiger partial charge on any atom is 0.349 e. The summed E-state index contributed by atoms with van der Waals surface area (Å²) in [6.07, 6.45) is 0.683. The van der Waals surface area contributed by atoms with Gasteiger partial charge in [0.25, 0.3) is 5.91 Å². The Morgan fingerprint density at radius 3 is 2.86 bits per heavy atom. The Hall–Kier alpha value is -3.12. The number of ether oxygens (including phenoxy) is 1. The average Bonchev–Trinajstić information content (AvgIpc) is 3.09. The van der Waals surface area contributed by atoms with Gasteiger partial charge in [-0.25, -0.2) is 4.79 Å². The number of nitrogens with one attached hydrogen (secondary N) is 1. The number of para-hydroxylation sites is 1. The fourth-order valence-corrected chi connectivity index (χ4v) is 4.29. The van der Waals surface area contributed by atoms with E-state index < -0.39 is 11.5 Å². The summed E-state index contributed by atoms with van der Waals surface area (Å²) in [5.41, 5.74) is 0.832. The van der Waals surface area contributed by atoms with Crippen molar-refractivity contribution >= 4 is 38.3 Å². The summed E-state index contributed by atoms with van der Waals surface area (Å²) < 4.78 is 11.8. The van der Waals surface area contributed by atoms with Crippen LogP contribution < -0.4 is 15.7 Å². The number of carbonyl (C=O) groups excluding carboxylic acids is 1. The van der Waals surface area contributed by atoms with Crippen LogP contribution in [-0.4, -0.2) is 19.1 Å². The first-order chi connectivity index (χ1) is 13.6. The van der Waals surface area contributed by atoms with Crippen LogP contribution >= 0.6 is 11.3 Å². The van der Waals surface area contributed by atoms with Crippen LogP contribution in [0, 0.1) is 0 Å². The van der Waals surface area contributed by atoms with E-state index in [0.29, 0.717) is 23.1 Å². The Morgan fingerprint density at radius 2 is 2.04 bits per heavy atom. The molecule has 28 heavy (non-hydrogen) atoms. The largest absolute Gasteiger partial charge is 0.493 e. The Balaban J connectivity index is 1.56. The Kier molecular flexibility index (Phi) is 4.88. The molecule has 1 N–H and O–H groups in total. The summed E-state index contributed by atoms with van der Waals surface area (Å²) in [5, 5.41) is 6.86. The van der Waals surface area contributed by atoms with E-state index in [4.69, 9.17) is 9.15 Å². The topological polar surface area (TPSA) is 68.5 Å². The summed E-state index contributed by atoms with van der Waals surface area (Å²) in [6.45, 7) is 1.93. The lowest BCUT2D eigenvalue weighted by molar-refractivity contribution is 0.0936. The zero-order valence-corrected chi connectivity index (χ0v) is 16.3. The molecule has 0 fully saturated rings. The number of amides is 1. The quantitative estimate of drug-likeness (QED) is 0.511. The minimum Gasteiger partial charge on any atom is -0.493 e. The predicted octanol–water partition coefficient (Wildman–Crippen LogP) is 4.38. The van der Waals surface area contributed by atoms with Gasteiger partial charge in [0.2, 0.25) is 0 Å². The van der Waals surface area contributed by atoms with Crippen LogP contribution in [0.1, 0.15) is 22.8 Å². The van der Waals surface area contributed by atoms with Crippen molar-refractivity contribution < 1.29 is 13.9 Å². The van der Waals surface area contributed by atoms with Gasteiger partial charge >= 0.3 is 5.63 Å². The standard InChI is InChI=1S/C22H19NO4S/c1-13(10-15-12-28-19-9-4-3-7-16(15)19)23-21(24)17-11-14-6-5-8-18(26-2)20(14)27-22(17)25/h3-9,11-13H,10H2,1-2H3,(H,23,24). The van der Waals surface area contributed by atoms with Gasteiger partial charge in [-0.05, 0) is 47.9 Å². The average molecular weight is 393 g/mol. The van der Waals surface area contributed by atoms with E-state index in [-0.39, 0.29) is 11.6 Å². The molecule has 0 aliphatic carbocycles. The molecule has 4 rings (SSSR count). The normalized spacial score (nSPS) is 12.2. The number of rotatable bonds is 5. The van der Waals surface area contributed by atoms with Crippen LogP contribution in [0.3, 0.4) is 0 Å². The van der Waals surface area contributed by atoms with E-state index in [9.17, 15) is 9.59 Å². The second-order valence-corrected chi connectivity index (χ2v) is 7.57. The summed E-state index contributed by atoms with van der Waals surface area (Å²) in [4.78, 5) is 25.0. The molecule has 2 aromatic heterocycles. The fraction of sp³-hybridized carbons (Fsp3) is 0.182. The Labute approximate surface area is 165 Å². The first-order valence-electron chi connectivity index (χ1n) is 8.93. The van der Waals surface area contributed by atoms with Gasteiger partial charge in [0.1, 0.15) is 5.56 Å². The van der Waals surface area contributed by atoms with Crippen molar-refractivity contribution in [2.45, 2.75) is 19.4 Å². The number of hydrogen-bond acceptors (Lipinski definition) is 5. The highest BCUT2D eigenvalue weighted by molar-refractivity contribution is 7.17. The first-order valence-corrected chi connectivity index (χ1v) is 9.81. The van der Waals surface area contributed by atoms with Crippen LogP contribution in [-0.2, 0) is 6.42 Å². The molecule has 2 aromatic carbocycles. The smallest absolute Gasteiger partial charge is 0.349 e. The van der Waals surface area contributed by atoms with Gasteiger partial charge in [-0.1, -0.05) is 30.3 Å². The molecule has 0 radical (unpaired) electrons. The minimum absolute atomic E-state index is 0.0113. The maximum atomic E-state index is 12.7. The van der Waals surface area contributed by atoms with E-state index in [1.54, 1.807) is 35.6 Å². The molecule has 2 heterocycles. The second-order valence-electron chi connectivity index (χ2n) is 6.66. The molecule has 4 aromatic rings. The molecule has 0 saturated carbocycles. The number of methoxy groups -OCH3 is 1. The van der Waals surface area contributed by atoms with E-state index in [1.165, 1.54) is 22.8 Å². The van der Waals surface area contributed by atoms with Gasteiger partial charge in [-0.15, -0.1) is 11.3 Å². The third-order valence-corrected chi connectivity index (χ3v) is 5.67. The van der Waals surface area contributed by atoms with E-state index in [0.717, 1.165) is 0 Å². The van der Waals surface area contributed by atoms with Crippen LogP contribution in [0.2, 0.25) is 0 Å². The first kappa shape index (κ1) is 18.3. The molecular weight excluding hydrogens is 374 g/mol. The van der Waals surface area contributed by atoms with Gasteiger partial charge in [-0.3, -0.25) is 4.79 Å². The second kappa shape index (κ2) is 7.48. The minimum atomic E-state index is -0.678. The number of fused-ring (bicyclic) bond motifs is 2. The summed E-state index contributed by atoms with van der Waals surface area (Å²) in [6, 6.07) is 14.9. The summed E-state index contributed by atoms with van der Waals surface area (Å²) in [7, 11) is 1.51. The molecule has 0 aliphatic heterocycles. The number of benzene rings is 2. The molecule has 142 valence electrons. The van der Waals surface area contributed by atoms with E-state index in [2.05, 4.69) is 22.8 Å². The lowest BCUT2D eigenvalue weighted by atomic mass is 10.1. The van der Waals surface area contributed by atoms with Crippen molar-refractivity contribution in [1.82, 2.24) is 5.32 Å². The molecular formula is C22H19NO4S. The highest BCUT2D eigenvalue weighted by Gasteiger charge is 2.18. The molecule has 1 amide bonds. The van der Waals surface area contributed by atoms with Crippen LogP contribution in [0.5, 0.6) is 5.75 Å². The lowest BCUT2D eigenvalue weighted by Gasteiger charge is -2.13. The zero-order chi connectivity index (χ0) is 19.7. The highest BCUT2D eigenvalue weighted by atomic mass is 32.1. The third kappa shape index (κ3) is 3.39. The van der Waals surface area contributed by atoms with Gasteiger partial charge in [0.05, 0.1) is 7.11 Å². The Morgan fingerprint density at radius 1 is 1.21 bits per heavy atom. The van der Waals surface area contributed by atoms with Crippen molar-refractivity contribution in [3.05, 3.63) is 75.5 Å². The zero-order valence-electron chi connectivity index (χ0n) is 15.5. The van der Waals surface area contributed by atoms with Crippen molar-refractivity contribution in [2.24, 2.45) is 0 Å². The fourth-order valence-electron chi connectivity index (χ4n) is 3.31. The van der Waals surface area contributed by atoms with Gasteiger partial charge in [0, 0.05) is 16.1 Å². The number of hydrogen-bond donors (Lipinski definition) is 1. The van der Waals surface area contributed by atoms with Crippen molar-refractivity contribution in [3.8, 4) is 5.75 Å². The van der Waals surface area contributed by atoms with E-state index >= 15 is 0 Å². The summed E-state index contributed by atoms with van der Waals surface area (Å²) >= 11 is 1.69. The van der Waals surface area contributed by atoms with E-state index in [1.807, 2.05) is 19.1 Å². The monoisotopic (exact) mass is 393 g/mol. The lowest BCUT2D eigenvalue weighted by Crippen LogP contribution is -2.36. The molecule has 0 saturated heterocycles. The third-order valence-electron chi connectivity index (χ3n) is 4.65. The SMILES string of the molecule is COc1cccc2cc(C(=O)NC(C)Cc3csc4ccccc34)c(=O)oc12. The molecule has 0 aliphatic rings. The molecule has 5 nitrogen and oxygen atoms in total. The van der Waals surface area contributed by atoms with Gasteiger partial charge in [-0.2, -0.15) is 0 Å². The van der Waals surface area contributed by atoms with Gasteiger partial charge < -0.3 is 14.5 Å². The highest BCUT2D eigenvalue weighted by Crippen LogP contribution is 2.27. The molecule has 0 bridgehead atoms. The van der Waals surface area contributed by atoms with Gasteiger partial charge in [0.15, 0.2) is 11.3 Å². The number of carbonyl (C=O) groups is 1. The van der Waals surface area contributed by atoms with Crippen molar-refractivity contribution in [3.63, 3.8) is 0 Å². The molecule has 6 heteroatoms. The molecule has 1 atom stereocenters. The maximum absolute atomic E-state index is 12.7. The summed E-state index contributed by atoms with van der Waals surface area (Å²) in [5.74, 6) is 0.0183. The molecule has 0 spiro atoms. The van der Waals surface area contributed by atoms with Crippen LogP contribution in [0.4, 0.5) is 0 Å². The van der Waals surface area contributed by atoms with Crippen molar-refractivity contribution in [1.29, 1.82) is 0 Å². The Bertz CT molecular complexity index is 1220.